The quantitative estimate of drug-likeness (QED) is 0.391. The Hall–Kier alpha value is -2.45. The summed E-state index contributed by atoms with van der Waals surface area (Å²) in [6.07, 6.45) is 3.77. The van der Waals surface area contributed by atoms with E-state index in [4.69, 9.17) is 16.9 Å². The Kier molecular flexibility index (Phi) is 6.77. The van der Waals surface area contributed by atoms with Gasteiger partial charge >= 0.3 is 11.9 Å². The van der Waals surface area contributed by atoms with Crippen LogP contribution in [0.5, 0.6) is 0 Å². The molecule has 8 heteroatoms. The Bertz CT molecular complexity index is 785. The number of hydrogen-bond donors (Lipinski definition) is 3. The Labute approximate surface area is 178 Å². The Morgan fingerprint density at radius 3 is 2.57 bits per heavy atom. The van der Waals surface area contributed by atoms with Gasteiger partial charge in [-0.3, -0.25) is 10.3 Å². The highest BCUT2D eigenvalue weighted by Gasteiger charge is 2.56. The van der Waals surface area contributed by atoms with Crippen LogP contribution in [0, 0.1) is 5.41 Å². The van der Waals surface area contributed by atoms with Gasteiger partial charge in [0.1, 0.15) is 12.1 Å². The number of piperidine rings is 1. The van der Waals surface area contributed by atoms with E-state index in [1.165, 1.54) is 0 Å². The van der Waals surface area contributed by atoms with E-state index in [9.17, 15) is 9.59 Å². The molecule has 8 nitrogen and oxygen atoms in total. The van der Waals surface area contributed by atoms with Gasteiger partial charge in [-0.2, -0.15) is 4.48 Å². The molecule has 2 heterocycles. The summed E-state index contributed by atoms with van der Waals surface area (Å²) >= 11 is 0. The van der Waals surface area contributed by atoms with Crippen molar-refractivity contribution in [3.05, 3.63) is 35.9 Å². The predicted octanol–water partition coefficient (Wildman–Crippen LogP) is 1.49. The molecule has 2 unspecified atom stereocenters. The SMILES string of the molecule is C[C@@H]1CCC[N+]1(C(=O)[C@H](N)Cc1ccccc1)C(=O)N(C)C1CCCN(C(=N)N)C1. The first-order chi connectivity index (χ1) is 14.3. The third-order valence-corrected chi connectivity index (χ3v) is 6.82. The second-order valence-corrected chi connectivity index (χ2v) is 8.74. The Balaban J connectivity index is 1.81. The van der Waals surface area contributed by atoms with Crippen LogP contribution < -0.4 is 11.5 Å². The first-order valence-electron chi connectivity index (χ1n) is 10.9. The van der Waals surface area contributed by atoms with E-state index in [1.807, 2.05) is 37.3 Å². The molecule has 3 amide bonds. The van der Waals surface area contributed by atoms with Crippen LogP contribution in [0.3, 0.4) is 0 Å². The topological polar surface area (TPSA) is 117 Å². The normalized spacial score (nSPS) is 27.5. The van der Waals surface area contributed by atoms with Crippen LogP contribution in [0.1, 0.15) is 38.2 Å². The first kappa shape index (κ1) is 22.2. The van der Waals surface area contributed by atoms with Crippen molar-refractivity contribution >= 4 is 17.9 Å². The average Bonchev–Trinajstić information content (AvgIpc) is 3.14. The molecule has 3 rings (SSSR count). The summed E-state index contributed by atoms with van der Waals surface area (Å²) in [4.78, 5) is 30.9. The zero-order valence-corrected chi connectivity index (χ0v) is 18.1. The number of likely N-dealkylation sites (tertiary alicyclic amines) is 2. The number of nitrogens with one attached hydrogen (secondary N) is 1. The van der Waals surface area contributed by atoms with E-state index in [0.29, 0.717) is 19.5 Å². The minimum Gasteiger partial charge on any atom is -0.370 e. The molecule has 30 heavy (non-hydrogen) atoms. The maximum atomic E-state index is 13.8. The van der Waals surface area contributed by atoms with Crippen LogP contribution in [0.4, 0.5) is 4.79 Å². The van der Waals surface area contributed by atoms with E-state index >= 15 is 0 Å². The van der Waals surface area contributed by atoms with Crippen LogP contribution in [-0.2, 0) is 11.2 Å². The maximum Gasteiger partial charge on any atom is 0.426 e. The fraction of sp³-hybridized carbons (Fsp3) is 0.591. The second-order valence-electron chi connectivity index (χ2n) is 8.74. The lowest BCUT2D eigenvalue weighted by Crippen LogP contribution is -2.68. The van der Waals surface area contributed by atoms with Crippen LogP contribution in [0.25, 0.3) is 0 Å². The van der Waals surface area contributed by atoms with Crippen molar-refractivity contribution in [2.45, 2.75) is 57.2 Å². The summed E-state index contributed by atoms with van der Waals surface area (Å²) in [5.41, 5.74) is 13.0. The summed E-state index contributed by atoms with van der Waals surface area (Å²) in [6, 6.07) is 8.62. The van der Waals surface area contributed by atoms with Gasteiger partial charge < -0.3 is 16.4 Å². The average molecular weight is 416 g/mol. The Morgan fingerprint density at radius 1 is 1.27 bits per heavy atom. The molecule has 5 N–H and O–H groups in total. The van der Waals surface area contributed by atoms with Crippen LogP contribution >= 0.6 is 0 Å². The highest BCUT2D eigenvalue weighted by molar-refractivity contribution is 5.87. The van der Waals surface area contributed by atoms with Crippen LogP contribution in [-0.4, -0.2) is 77.0 Å². The van der Waals surface area contributed by atoms with Crippen LogP contribution in [0.2, 0.25) is 0 Å². The molecule has 2 saturated heterocycles. The number of likely N-dealkylation sites (N-methyl/N-ethyl adjacent to an activating group) is 1. The number of hydrogen-bond acceptors (Lipinski definition) is 4. The smallest absolute Gasteiger partial charge is 0.370 e. The molecule has 2 aliphatic heterocycles. The van der Waals surface area contributed by atoms with Gasteiger partial charge in [0.25, 0.3) is 0 Å². The van der Waals surface area contributed by atoms with Gasteiger partial charge in [-0.15, -0.1) is 0 Å². The number of guanidine groups is 1. The summed E-state index contributed by atoms with van der Waals surface area (Å²) in [5, 5.41) is 7.72. The molecule has 1 aromatic rings. The van der Waals surface area contributed by atoms with Gasteiger partial charge in [-0.1, -0.05) is 30.3 Å². The molecule has 2 aliphatic rings. The molecule has 0 spiro atoms. The van der Waals surface area contributed by atoms with E-state index < -0.39 is 6.04 Å². The lowest BCUT2D eigenvalue weighted by Gasteiger charge is -2.42. The summed E-state index contributed by atoms with van der Waals surface area (Å²) < 4.78 is -0.207. The summed E-state index contributed by atoms with van der Waals surface area (Å²) in [6.45, 7) is 3.73. The van der Waals surface area contributed by atoms with E-state index in [-0.39, 0.29) is 34.5 Å². The molecule has 164 valence electrons. The third kappa shape index (κ3) is 4.20. The summed E-state index contributed by atoms with van der Waals surface area (Å²) in [7, 11) is 1.78. The first-order valence-corrected chi connectivity index (χ1v) is 10.9. The molecule has 1 aromatic carbocycles. The largest absolute Gasteiger partial charge is 0.426 e. The monoisotopic (exact) mass is 415 g/mol. The van der Waals surface area contributed by atoms with E-state index in [1.54, 1.807) is 16.8 Å². The minimum absolute atomic E-state index is 0.0277. The molecule has 0 saturated carbocycles. The third-order valence-electron chi connectivity index (χ3n) is 6.82. The van der Waals surface area contributed by atoms with Crippen molar-refractivity contribution in [3.8, 4) is 0 Å². The molecular formula is C22H35N6O2+. The maximum absolute atomic E-state index is 13.8. The molecule has 0 aromatic heterocycles. The zero-order chi connectivity index (χ0) is 21.9. The van der Waals surface area contributed by atoms with Crippen molar-refractivity contribution in [3.63, 3.8) is 0 Å². The zero-order valence-electron chi connectivity index (χ0n) is 18.1. The summed E-state index contributed by atoms with van der Waals surface area (Å²) in [5.74, 6) is -0.167. The number of carbonyl (C=O) groups excluding carboxylic acids is 2. The van der Waals surface area contributed by atoms with Crippen LogP contribution in [0.15, 0.2) is 30.3 Å². The van der Waals surface area contributed by atoms with Crippen molar-refractivity contribution in [2.24, 2.45) is 11.5 Å². The molecule has 0 radical (unpaired) electrons. The van der Waals surface area contributed by atoms with Gasteiger partial charge in [0.2, 0.25) is 0 Å². The highest BCUT2D eigenvalue weighted by atomic mass is 16.2. The number of carbonyl (C=O) groups is 2. The van der Waals surface area contributed by atoms with Crippen molar-refractivity contribution in [2.75, 3.05) is 26.7 Å². The van der Waals surface area contributed by atoms with E-state index in [2.05, 4.69) is 0 Å². The molecule has 0 bridgehead atoms. The van der Waals surface area contributed by atoms with Gasteiger partial charge in [0.15, 0.2) is 5.96 Å². The van der Waals surface area contributed by atoms with Gasteiger partial charge in [-0.25, -0.2) is 9.59 Å². The second kappa shape index (κ2) is 9.14. The van der Waals surface area contributed by atoms with Crippen molar-refractivity contribution in [1.82, 2.24) is 9.80 Å². The number of nitrogens with zero attached hydrogens (tertiary/aromatic N) is 3. The minimum atomic E-state index is -0.731. The number of urea groups is 1. The van der Waals surface area contributed by atoms with Gasteiger partial charge in [0.05, 0.1) is 12.6 Å². The Morgan fingerprint density at radius 2 is 1.97 bits per heavy atom. The lowest BCUT2D eigenvalue weighted by atomic mass is 10.0. The highest BCUT2D eigenvalue weighted by Crippen LogP contribution is 2.32. The molecule has 0 aliphatic carbocycles. The predicted molar refractivity (Wildman–Crippen MR) is 117 cm³/mol. The molecule has 2 fully saturated rings. The number of imide groups is 1. The van der Waals surface area contributed by atoms with Crippen molar-refractivity contribution in [1.29, 1.82) is 5.41 Å². The number of rotatable bonds is 4. The number of amides is 3. The van der Waals surface area contributed by atoms with Gasteiger partial charge in [0, 0.05) is 39.4 Å². The van der Waals surface area contributed by atoms with Gasteiger partial charge in [-0.05, 0) is 25.3 Å². The molecular weight excluding hydrogens is 380 g/mol. The fourth-order valence-corrected chi connectivity index (χ4v) is 4.96. The lowest BCUT2D eigenvalue weighted by molar-refractivity contribution is -0.789. The number of benzene rings is 1. The fourth-order valence-electron chi connectivity index (χ4n) is 4.96. The van der Waals surface area contributed by atoms with E-state index in [0.717, 1.165) is 37.8 Å². The molecule has 4 atom stereocenters. The number of nitrogens with two attached hydrogens (primary N) is 2. The van der Waals surface area contributed by atoms with Crippen molar-refractivity contribution < 1.29 is 14.1 Å². The number of quaternary nitrogens is 1. The standard InChI is InChI=1S/C22H35N6O2/c1-16-8-7-13-28(16,20(29)19(23)14-17-9-4-3-5-10-17)22(30)26(2)18-11-6-12-27(15-18)21(24)25/h3-5,9-10,16,18-19H,6-8,11-15,23H2,1-2H3,(H3,24,25)/q+1/t16-,18?,19-,28?/m1/s1.